The summed E-state index contributed by atoms with van der Waals surface area (Å²) in [5.41, 5.74) is 1.27. The SMILES string of the molecule is COC(=O)C1CCC(NCCc2ccc[nH]2)CC1. The maximum atomic E-state index is 11.4. The molecule has 0 spiro atoms. The van der Waals surface area contributed by atoms with E-state index < -0.39 is 0 Å². The van der Waals surface area contributed by atoms with Crippen LogP contribution in [0, 0.1) is 5.92 Å². The molecule has 2 rings (SSSR count). The van der Waals surface area contributed by atoms with E-state index in [0.717, 1.165) is 38.6 Å². The van der Waals surface area contributed by atoms with E-state index in [4.69, 9.17) is 4.74 Å². The van der Waals surface area contributed by atoms with E-state index in [2.05, 4.69) is 16.4 Å². The van der Waals surface area contributed by atoms with E-state index in [1.54, 1.807) is 0 Å². The monoisotopic (exact) mass is 250 g/mol. The zero-order chi connectivity index (χ0) is 12.8. The van der Waals surface area contributed by atoms with Gasteiger partial charge in [0.15, 0.2) is 0 Å². The van der Waals surface area contributed by atoms with Gasteiger partial charge in [0.05, 0.1) is 13.0 Å². The number of aromatic amines is 1. The van der Waals surface area contributed by atoms with Gasteiger partial charge in [0.1, 0.15) is 0 Å². The number of carbonyl (C=O) groups excluding carboxylic acids is 1. The van der Waals surface area contributed by atoms with E-state index in [1.807, 2.05) is 12.3 Å². The minimum atomic E-state index is -0.0418. The van der Waals surface area contributed by atoms with Crippen molar-refractivity contribution < 1.29 is 9.53 Å². The number of rotatable bonds is 5. The van der Waals surface area contributed by atoms with Crippen molar-refractivity contribution in [3.05, 3.63) is 24.0 Å². The quantitative estimate of drug-likeness (QED) is 0.785. The third-order valence-electron chi connectivity index (χ3n) is 3.75. The molecule has 0 radical (unpaired) electrons. The molecule has 1 aliphatic rings. The van der Waals surface area contributed by atoms with Crippen molar-refractivity contribution in [1.29, 1.82) is 0 Å². The van der Waals surface area contributed by atoms with E-state index in [1.165, 1.54) is 12.8 Å². The number of hydrogen-bond donors (Lipinski definition) is 2. The highest BCUT2D eigenvalue weighted by Gasteiger charge is 2.26. The number of aromatic nitrogens is 1. The minimum Gasteiger partial charge on any atom is -0.469 e. The summed E-state index contributed by atoms with van der Waals surface area (Å²) >= 11 is 0. The van der Waals surface area contributed by atoms with Crippen molar-refractivity contribution in [2.45, 2.75) is 38.1 Å². The Morgan fingerprint density at radius 2 is 2.22 bits per heavy atom. The van der Waals surface area contributed by atoms with Crippen LogP contribution in [0.5, 0.6) is 0 Å². The second kappa shape index (κ2) is 6.59. The molecule has 1 fully saturated rings. The van der Waals surface area contributed by atoms with Crippen molar-refractivity contribution in [3.63, 3.8) is 0 Å². The van der Waals surface area contributed by atoms with E-state index in [9.17, 15) is 4.79 Å². The van der Waals surface area contributed by atoms with Crippen molar-refractivity contribution in [1.82, 2.24) is 10.3 Å². The summed E-state index contributed by atoms with van der Waals surface area (Å²) < 4.78 is 4.79. The molecule has 0 saturated heterocycles. The lowest BCUT2D eigenvalue weighted by Gasteiger charge is -2.27. The summed E-state index contributed by atoms with van der Waals surface area (Å²) in [6.45, 7) is 0.994. The molecule has 1 aliphatic carbocycles. The number of H-pyrrole nitrogens is 1. The van der Waals surface area contributed by atoms with Gasteiger partial charge in [-0.15, -0.1) is 0 Å². The first kappa shape index (κ1) is 13.1. The minimum absolute atomic E-state index is 0.0418. The zero-order valence-electron chi connectivity index (χ0n) is 10.9. The Labute approximate surface area is 108 Å². The number of hydrogen-bond acceptors (Lipinski definition) is 3. The van der Waals surface area contributed by atoms with Gasteiger partial charge in [-0.05, 0) is 44.2 Å². The van der Waals surface area contributed by atoms with Gasteiger partial charge in [0, 0.05) is 24.5 Å². The normalized spacial score (nSPS) is 23.8. The Morgan fingerprint density at radius 1 is 1.44 bits per heavy atom. The third kappa shape index (κ3) is 3.60. The van der Waals surface area contributed by atoms with Crippen LogP contribution in [0.15, 0.2) is 18.3 Å². The summed E-state index contributed by atoms with van der Waals surface area (Å²) in [5, 5.41) is 3.57. The van der Waals surface area contributed by atoms with Gasteiger partial charge in [0.2, 0.25) is 0 Å². The average molecular weight is 250 g/mol. The number of ether oxygens (including phenoxy) is 1. The molecule has 2 N–H and O–H groups in total. The average Bonchev–Trinajstić information content (AvgIpc) is 2.92. The molecule has 0 unspecified atom stereocenters. The molecule has 100 valence electrons. The highest BCUT2D eigenvalue weighted by atomic mass is 16.5. The van der Waals surface area contributed by atoms with Gasteiger partial charge in [-0.3, -0.25) is 4.79 Å². The Kier molecular flexibility index (Phi) is 4.81. The molecular weight excluding hydrogens is 228 g/mol. The van der Waals surface area contributed by atoms with E-state index >= 15 is 0 Å². The van der Waals surface area contributed by atoms with Gasteiger partial charge in [0.25, 0.3) is 0 Å². The fraction of sp³-hybridized carbons (Fsp3) is 0.643. The molecule has 0 atom stereocenters. The smallest absolute Gasteiger partial charge is 0.308 e. The molecule has 1 saturated carbocycles. The van der Waals surface area contributed by atoms with Gasteiger partial charge in [-0.2, -0.15) is 0 Å². The second-order valence-corrected chi connectivity index (χ2v) is 4.97. The van der Waals surface area contributed by atoms with Crippen LogP contribution in [-0.2, 0) is 16.0 Å². The fourth-order valence-electron chi connectivity index (χ4n) is 2.63. The maximum Gasteiger partial charge on any atom is 0.308 e. The van der Waals surface area contributed by atoms with E-state index in [0.29, 0.717) is 6.04 Å². The summed E-state index contributed by atoms with van der Waals surface area (Å²) in [5.74, 6) is 0.0799. The summed E-state index contributed by atoms with van der Waals surface area (Å²) in [6.07, 6.45) is 7.04. The van der Waals surface area contributed by atoms with Crippen molar-refractivity contribution in [2.24, 2.45) is 5.92 Å². The standard InChI is InChI=1S/C14H22N2O2/c1-18-14(17)11-4-6-13(7-5-11)16-10-8-12-3-2-9-15-12/h2-3,9,11,13,15-16H,4-8,10H2,1H3. The number of carbonyl (C=O) groups is 1. The van der Waals surface area contributed by atoms with Crippen LogP contribution in [0.25, 0.3) is 0 Å². The first-order chi connectivity index (χ1) is 8.79. The number of esters is 1. The van der Waals surface area contributed by atoms with Crippen LogP contribution in [0.1, 0.15) is 31.4 Å². The lowest BCUT2D eigenvalue weighted by Crippen LogP contribution is -2.36. The lowest BCUT2D eigenvalue weighted by atomic mass is 9.86. The molecule has 1 aromatic rings. The summed E-state index contributed by atoms with van der Waals surface area (Å²) in [4.78, 5) is 14.6. The molecule has 0 aliphatic heterocycles. The molecule has 0 aromatic carbocycles. The number of methoxy groups -OCH3 is 1. The lowest BCUT2D eigenvalue weighted by molar-refractivity contribution is -0.146. The summed E-state index contributed by atoms with van der Waals surface area (Å²) in [6, 6.07) is 4.69. The van der Waals surface area contributed by atoms with Crippen LogP contribution >= 0.6 is 0 Å². The highest BCUT2D eigenvalue weighted by molar-refractivity contribution is 5.72. The summed E-state index contributed by atoms with van der Waals surface area (Å²) in [7, 11) is 1.48. The predicted octanol–water partition coefficient (Wildman–Crippen LogP) is 1.88. The fourth-order valence-corrected chi connectivity index (χ4v) is 2.63. The maximum absolute atomic E-state index is 11.4. The molecule has 1 heterocycles. The van der Waals surface area contributed by atoms with Gasteiger partial charge >= 0.3 is 5.97 Å². The van der Waals surface area contributed by atoms with Crippen LogP contribution in [0.4, 0.5) is 0 Å². The molecule has 1 aromatic heterocycles. The third-order valence-corrected chi connectivity index (χ3v) is 3.75. The Hall–Kier alpha value is -1.29. The molecule has 18 heavy (non-hydrogen) atoms. The molecule has 0 amide bonds. The van der Waals surface area contributed by atoms with E-state index in [-0.39, 0.29) is 11.9 Å². The van der Waals surface area contributed by atoms with Crippen molar-refractivity contribution >= 4 is 5.97 Å². The molecule has 4 nitrogen and oxygen atoms in total. The van der Waals surface area contributed by atoms with Crippen LogP contribution in [0.2, 0.25) is 0 Å². The van der Waals surface area contributed by atoms with Crippen LogP contribution < -0.4 is 5.32 Å². The Balaban J connectivity index is 1.63. The predicted molar refractivity (Wildman–Crippen MR) is 70.3 cm³/mol. The molecule has 0 bridgehead atoms. The Bertz CT molecular complexity index is 354. The largest absolute Gasteiger partial charge is 0.469 e. The number of nitrogens with one attached hydrogen (secondary N) is 2. The highest BCUT2D eigenvalue weighted by Crippen LogP contribution is 2.25. The van der Waals surface area contributed by atoms with Gasteiger partial charge < -0.3 is 15.0 Å². The van der Waals surface area contributed by atoms with Crippen molar-refractivity contribution in [2.75, 3.05) is 13.7 Å². The topological polar surface area (TPSA) is 54.1 Å². The van der Waals surface area contributed by atoms with Crippen LogP contribution in [-0.4, -0.2) is 30.6 Å². The zero-order valence-corrected chi connectivity index (χ0v) is 10.9. The van der Waals surface area contributed by atoms with Crippen LogP contribution in [0.3, 0.4) is 0 Å². The molecular formula is C14H22N2O2. The second-order valence-electron chi connectivity index (χ2n) is 4.97. The van der Waals surface area contributed by atoms with Gasteiger partial charge in [-0.25, -0.2) is 0 Å². The molecule has 4 heteroatoms. The van der Waals surface area contributed by atoms with Gasteiger partial charge in [-0.1, -0.05) is 0 Å². The Morgan fingerprint density at radius 3 is 2.83 bits per heavy atom. The first-order valence-electron chi connectivity index (χ1n) is 6.73. The van der Waals surface area contributed by atoms with Crippen molar-refractivity contribution in [3.8, 4) is 0 Å². The first-order valence-corrected chi connectivity index (χ1v) is 6.73.